The highest BCUT2D eigenvalue weighted by Crippen LogP contribution is 2.37. The van der Waals surface area contributed by atoms with E-state index in [0.29, 0.717) is 5.82 Å². The van der Waals surface area contributed by atoms with Gasteiger partial charge in [0.05, 0.1) is 12.7 Å². The summed E-state index contributed by atoms with van der Waals surface area (Å²) in [6, 6.07) is 16.8. The molecule has 2 aromatic carbocycles. The van der Waals surface area contributed by atoms with E-state index >= 15 is 0 Å². The van der Waals surface area contributed by atoms with Crippen molar-refractivity contribution in [1.82, 2.24) is 9.55 Å². The van der Waals surface area contributed by atoms with Gasteiger partial charge < -0.3 is 14.3 Å². The number of aryl methyl sites for hydroxylation is 1. The van der Waals surface area contributed by atoms with Crippen LogP contribution in [0.1, 0.15) is 31.9 Å². The number of nitrogens with zero attached hydrogens (tertiary/aromatic N) is 2. The number of aliphatic hydroxyl groups is 1. The fraction of sp³-hybridized carbons (Fsp3) is 0.370. The second-order valence-corrected chi connectivity index (χ2v) is 15.0. The first-order valence-electron chi connectivity index (χ1n) is 11.9. The van der Waals surface area contributed by atoms with Crippen LogP contribution in [0, 0.1) is 6.92 Å². The van der Waals surface area contributed by atoms with Crippen molar-refractivity contribution in [2.45, 2.75) is 65.3 Å². The summed E-state index contributed by atoms with van der Waals surface area (Å²) in [7, 11) is -2.31. The van der Waals surface area contributed by atoms with Crippen molar-refractivity contribution in [3.05, 3.63) is 82.3 Å². The first kappa shape index (κ1) is 27.3. The van der Waals surface area contributed by atoms with Gasteiger partial charge in [-0.2, -0.15) is 0 Å². The van der Waals surface area contributed by atoms with Crippen molar-refractivity contribution in [2.24, 2.45) is 0 Å². The number of carbonyl (C=O) groups excluding carboxylic acids is 1. The van der Waals surface area contributed by atoms with E-state index in [4.69, 9.17) is 9.16 Å². The largest absolute Gasteiger partial charge is 0.444 e. The Labute approximate surface area is 213 Å². The Balaban J connectivity index is 1.90. The molecule has 1 atom stereocenters. The summed E-state index contributed by atoms with van der Waals surface area (Å²) in [5.41, 5.74) is 1.92. The van der Waals surface area contributed by atoms with Crippen LogP contribution in [-0.2, 0) is 22.3 Å². The summed E-state index contributed by atoms with van der Waals surface area (Å²) in [4.78, 5) is 30.4. The number of aliphatic hydroxyl groups excluding tert-OH is 1. The minimum atomic E-state index is -2.31. The molecule has 3 aromatic rings. The molecule has 0 aliphatic heterocycles. The van der Waals surface area contributed by atoms with E-state index < -0.39 is 26.3 Å². The molecule has 0 bridgehead atoms. The summed E-state index contributed by atoms with van der Waals surface area (Å²) in [6.07, 6.45) is -0.690. The zero-order valence-electron chi connectivity index (χ0n) is 21.7. The lowest BCUT2D eigenvalue weighted by Crippen LogP contribution is -2.45. The SMILES string of the molecule is Cc1ccccc1-c1ncc(NC(=O)OCc2ccccc2)c(=O)n1CC(O)O[Si](C)(C)C(C)(C)C. The topological polar surface area (TPSA) is 103 Å². The monoisotopic (exact) mass is 509 g/mol. The third-order valence-electron chi connectivity index (χ3n) is 6.46. The minimum Gasteiger partial charge on any atom is -0.444 e. The number of aromatic nitrogens is 2. The summed E-state index contributed by atoms with van der Waals surface area (Å²) >= 11 is 0. The van der Waals surface area contributed by atoms with Gasteiger partial charge >= 0.3 is 6.09 Å². The number of nitrogens with one attached hydrogen (secondary N) is 1. The standard InChI is InChI=1S/C27H35N3O5Si/c1-19-12-10-11-15-21(19)24-28-16-22(29-26(33)34-18-20-13-8-7-9-14-20)25(32)30(24)17-23(31)35-36(5,6)27(2,3)4/h7-16,23,31H,17-18H2,1-6H3,(H,29,33). The summed E-state index contributed by atoms with van der Waals surface area (Å²) in [6.45, 7) is 12.1. The second kappa shape index (κ2) is 11.2. The van der Waals surface area contributed by atoms with Gasteiger partial charge in [-0.15, -0.1) is 0 Å². The van der Waals surface area contributed by atoms with Crippen LogP contribution in [0.15, 0.2) is 65.6 Å². The Hall–Kier alpha value is -3.27. The van der Waals surface area contributed by atoms with Crippen molar-refractivity contribution in [3.63, 3.8) is 0 Å². The molecule has 0 spiro atoms. The number of ether oxygens (including phenoxy) is 1. The average molecular weight is 510 g/mol. The second-order valence-electron chi connectivity index (χ2n) is 10.2. The number of hydrogen-bond acceptors (Lipinski definition) is 6. The Kier molecular flexibility index (Phi) is 8.49. The molecule has 3 rings (SSSR count). The maximum atomic E-state index is 13.5. The Morgan fingerprint density at radius 3 is 2.39 bits per heavy atom. The fourth-order valence-corrected chi connectivity index (χ4v) is 4.47. The molecule has 0 aliphatic carbocycles. The van der Waals surface area contributed by atoms with Gasteiger partial charge in [-0.3, -0.25) is 14.7 Å². The number of amides is 1. The van der Waals surface area contributed by atoms with E-state index in [-0.39, 0.29) is 23.9 Å². The van der Waals surface area contributed by atoms with Crippen LogP contribution in [-0.4, -0.2) is 35.4 Å². The quantitative estimate of drug-likeness (QED) is 0.315. The number of benzene rings is 2. The molecule has 36 heavy (non-hydrogen) atoms. The predicted molar refractivity (Wildman–Crippen MR) is 143 cm³/mol. The van der Waals surface area contributed by atoms with E-state index in [0.717, 1.165) is 16.7 Å². The van der Waals surface area contributed by atoms with Crippen LogP contribution in [0.3, 0.4) is 0 Å². The van der Waals surface area contributed by atoms with Gasteiger partial charge in [-0.05, 0) is 36.2 Å². The number of hydrogen-bond donors (Lipinski definition) is 2. The molecular weight excluding hydrogens is 474 g/mol. The van der Waals surface area contributed by atoms with Crippen LogP contribution >= 0.6 is 0 Å². The molecular formula is C27H35N3O5Si. The third kappa shape index (κ3) is 6.69. The van der Waals surface area contributed by atoms with E-state index in [1.165, 1.54) is 10.8 Å². The Morgan fingerprint density at radius 1 is 1.11 bits per heavy atom. The van der Waals surface area contributed by atoms with Crippen molar-refractivity contribution in [2.75, 3.05) is 5.32 Å². The van der Waals surface area contributed by atoms with Crippen molar-refractivity contribution < 1.29 is 19.1 Å². The van der Waals surface area contributed by atoms with Gasteiger partial charge in [0.25, 0.3) is 5.56 Å². The predicted octanol–water partition coefficient (Wildman–Crippen LogP) is 5.31. The lowest BCUT2D eigenvalue weighted by atomic mass is 10.1. The molecule has 8 nitrogen and oxygen atoms in total. The maximum Gasteiger partial charge on any atom is 0.412 e. The van der Waals surface area contributed by atoms with E-state index in [2.05, 4.69) is 31.1 Å². The number of carbonyl (C=O) groups is 1. The van der Waals surface area contributed by atoms with Gasteiger partial charge in [-0.1, -0.05) is 75.4 Å². The molecule has 1 unspecified atom stereocenters. The summed E-state index contributed by atoms with van der Waals surface area (Å²) < 4.78 is 12.7. The highest BCUT2D eigenvalue weighted by molar-refractivity contribution is 6.74. The average Bonchev–Trinajstić information content (AvgIpc) is 2.80. The first-order chi connectivity index (χ1) is 16.9. The summed E-state index contributed by atoms with van der Waals surface area (Å²) in [5.74, 6) is 0.374. The first-order valence-corrected chi connectivity index (χ1v) is 14.8. The van der Waals surface area contributed by atoms with E-state index in [1.807, 2.05) is 74.6 Å². The highest BCUT2D eigenvalue weighted by Gasteiger charge is 2.39. The van der Waals surface area contributed by atoms with Crippen molar-refractivity contribution in [3.8, 4) is 11.4 Å². The van der Waals surface area contributed by atoms with Gasteiger partial charge in [0.2, 0.25) is 0 Å². The Morgan fingerprint density at radius 2 is 1.75 bits per heavy atom. The van der Waals surface area contributed by atoms with Crippen LogP contribution in [0.4, 0.5) is 10.5 Å². The maximum absolute atomic E-state index is 13.5. The Bertz CT molecular complexity index is 1250. The molecule has 1 aromatic heterocycles. The molecule has 0 saturated heterocycles. The fourth-order valence-electron chi connectivity index (χ4n) is 3.37. The van der Waals surface area contributed by atoms with Gasteiger partial charge in [0.15, 0.2) is 14.6 Å². The van der Waals surface area contributed by atoms with Crippen molar-refractivity contribution in [1.29, 1.82) is 0 Å². The molecule has 1 amide bonds. The van der Waals surface area contributed by atoms with E-state index in [9.17, 15) is 14.7 Å². The zero-order chi connectivity index (χ0) is 26.5. The number of anilines is 1. The van der Waals surface area contributed by atoms with Crippen LogP contribution in [0.25, 0.3) is 11.4 Å². The highest BCUT2D eigenvalue weighted by atomic mass is 28.4. The summed E-state index contributed by atoms with van der Waals surface area (Å²) in [5, 5.41) is 13.2. The van der Waals surface area contributed by atoms with E-state index in [1.54, 1.807) is 0 Å². The number of rotatable bonds is 8. The van der Waals surface area contributed by atoms with Crippen LogP contribution in [0.5, 0.6) is 0 Å². The van der Waals surface area contributed by atoms with Crippen LogP contribution in [0.2, 0.25) is 18.1 Å². The lowest BCUT2D eigenvalue weighted by molar-refractivity contribution is -0.0403. The van der Waals surface area contributed by atoms with Gasteiger partial charge in [0.1, 0.15) is 18.1 Å². The molecule has 0 radical (unpaired) electrons. The molecule has 0 fully saturated rings. The zero-order valence-corrected chi connectivity index (χ0v) is 22.7. The molecule has 192 valence electrons. The lowest BCUT2D eigenvalue weighted by Gasteiger charge is -2.38. The van der Waals surface area contributed by atoms with Gasteiger partial charge in [-0.25, -0.2) is 9.78 Å². The third-order valence-corrected chi connectivity index (χ3v) is 10.9. The van der Waals surface area contributed by atoms with Crippen molar-refractivity contribution >= 4 is 20.1 Å². The molecule has 9 heteroatoms. The smallest absolute Gasteiger partial charge is 0.412 e. The minimum absolute atomic E-state index is 0.0510. The normalized spacial score (nSPS) is 12.8. The molecule has 0 aliphatic rings. The molecule has 2 N–H and O–H groups in total. The molecule has 1 heterocycles. The van der Waals surface area contributed by atoms with Gasteiger partial charge in [0, 0.05) is 5.56 Å². The molecule has 0 saturated carbocycles. The van der Waals surface area contributed by atoms with Crippen LogP contribution < -0.4 is 10.9 Å².